The molecule has 0 fully saturated rings. The van der Waals surface area contributed by atoms with Gasteiger partial charge in [0.15, 0.2) is 12.2 Å². The second-order valence-corrected chi connectivity index (χ2v) is 9.86. The van der Waals surface area contributed by atoms with Crippen LogP contribution < -0.4 is 0 Å². The van der Waals surface area contributed by atoms with Crippen LogP contribution in [0.5, 0.6) is 0 Å². The van der Waals surface area contributed by atoms with Crippen LogP contribution in [0.1, 0.15) is 51.2 Å². The van der Waals surface area contributed by atoms with Crippen LogP contribution in [0.3, 0.4) is 0 Å². The van der Waals surface area contributed by atoms with E-state index in [1.165, 1.54) is 16.3 Å². The van der Waals surface area contributed by atoms with Gasteiger partial charge in [0.05, 0.1) is 0 Å². The van der Waals surface area contributed by atoms with Crippen LogP contribution in [0.15, 0.2) is 72.8 Å². The van der Waals surface area contributed by atoms with E-state index in [4.69, 9.17) is 14.2 Å². The Kier molecular flexibility index (Phi) is 10.0. The van der Waals surface area contributed by atoms with Gasteiger partial charge >= 0.3 is 11.9 Å². The van der Waals surface area contributed by atoms with Crippen molar-refractivity contribution in [2.45, 2.75) is 70.9 Å². The van der Waals surface area contributed by atoms with Gasteiger partial charge in [0, 0.05) is 6.61 Å². The van der Waals surface area contributed by atoms with E-state index in [-0.39, 0.29) is 13.2 Å². The van der Waals surface area contributed by atoms with Crippen molar-refractivity contribution in [3.05, 3.63) is 83.9 Å². The second kappa shape index (κ2) is 13.2. The molecule has 3 rings (SSSR count). The van der Waals surface area contributed by atoms with Gasteiger partial charge in [0.2, 0.25) is 0 Å². The van der Waals surface area contributed by atoms with Crippen LogP contribution in [0.25, 0.3) is 10.8 Å². The van der Waals surface area contributed by atoms with Crippen molar-refractivity contribution in [3.8, 4) is 0 Å². The molecule has 6 heteroatoms. The highest BCUT2D eigenvalue weighted by Gasteiger charge is 2.37. The molecule has 0 aliphatic rings. The Morgan fingerprint density at radius 1 is 0.806 bits per heavy atom. The third kappa shape index (κ3) is 8.77. The summed E-state index contributed by atoms with van der Waals surface area (Å²) in [6, 6.07) is 23.9. The topological polar surface area (TPSA) is 82.1 Å². The molecule has 0 aliphatic heterocycles. The molecule has 0 radical (unpaired) electrons. The normalized spacial score (nSPS) is 13.2. The maximum Gasteiger partial charge on any atom is 0.339 e. The third-order valence-corrected chi connectivity index (χ3v) is 5.61. The maximum atomic E-state index is 12.7. The average molecular weight is 493 g/mol. The Hall–Kier alpha value is -3.22. The number of unbranched alkanes of at least 4 members (excludes halogenated alkanes) is 2. The zero-order valence-electron chi connectivity index (χ0n) is 21.3. The van der Waals surface area contributed by atoms with E-state index in [9.17, 15) is 14.7 Å². The summed E-state index contributed by atoms with van der Waals surface area (Å²) in [5.41, 5.74) is 1.27. The zero-order chi connectivity index (χ0) is 26.0. The van der Waals surface area contributed by atoms with Gasteiger partial charge in [-0.25, -0.2) is 9.59 Å². The lowest BCUT2D eigenvalue weighted by Gasteiger charge is -2.26. The molecule has 0 amide bonds. The van der Waals surface area contributed by atoms with Crippen molar-refractivity contribution in [2.24, 2.45) is 0 Å². The number of hydrogen-bond acceptors (Lipinski definition) is 6. The Bertz CT molecular complexity index is 1120. The number of aryl methyl sites for hydroxylation is 1. The number of esters is 2. The molecule has 0 spiro atoms. The summed E-state index contributed by atoms with van der Waals surface area (Å²) in [6.45, 7) is 5.36. The van der Waals surface area contributed by atoms with Gasteiger partial charge in [-0.05, 0) is 61.9 Å². The number of aliphatic hydroxyl groups excluding tert-OH is 1. The summed E-state index contributed by atoms with van der Waals surface area (Å²) in [5.74, 6) is -1.71. The number of carbonyl (C=O) groups excluding carboxylic acids is 2. The van der Waals surface area contributed by atoms with Gasteiger partial charge in [0.25, 0.3) is 0 Å². The lowest BCUT2D eigenvalue weighted by atomic mass is 10.0. The Balaban J connectivity index is 1.48. The summed E-state index contributed by atoms with van der Waals surface area (Å²) in [6.07, 6.45) is 0.227. The standard InChI is InChI=1S/C30H36O6/c1-30(2,3)36-29(33)27(26(31)28(32)35-21-23-13-6-4-7-14-23)34-19-11-5-8-12-22-17-18-24-15-9-10-16-25(24)20-22/h4,6-7,9-10,13-18,20,26-27,31H,5,8,11-12,19,21H2,1-3H3/t26-,27-/m1/s1. The molecule has 0 bridgehead atoms. The highest BCUT2D eigenvalue weighted by atomic mass is 16.6. The third-order valence-electron chi connectivity index (χ3n) is 5.61. The van der Waals surface area contributed by atoms with Gasteiger partial charge in [-0.15, -0.1) is 0 Å². The summed E-state index contributed by atoms with van der Waals surface area (Å²) < 4.78 is 16.2. The minimum absolute atomic E-state index is 0.00740. The van der Waals surface area contributed by atoms with Crippen LogP contribution in [0.2, 0.25) is 0 Å². The summed E-state index contributed by atoms with van der Waals surface area (Å²) >= 11 is 0. The van der Waals surface area contributed by atoms with E-state index in [0.717, 1.165) is 24.8 Å². The molecule has 0 saturated carbocycles. The van der Waals surface area contributed by atoms with Crippen molar-refractivity contribution < 1.29 is 28.9 Å². The fraction of sp³-hybridized carbons (Fsp3) is 0.400. The first-order valence-corrected chi connectivity index (χ1v) is 12.4. The van der Waals surface area contributed by atoms with Crippen LogP contribution in [0.4, 0.5) is 0 Å². The van der Waals surface area contributed by atoms with Crippen molar-refractivity contribution in [1.29, 1.82) is 0 Å². The number of ether oxygens (including phenoxy) is 3. The minimum atomic E-state index is -1.78. The van der Waals surface area contributed by atoms with E-state index in [0.29, 0.717) is 6.42 Å². The minimum Gasteiger partial charge on any atom is -0.459 e. The van der Waals surface area contributed by atoms with Gasteiger partial charge < -0.3 is 19.3 Å². The molecule has 2 atom stereocenters. The van der Waals surface area contributed by atoms with Crippen molar-refractivity contribution >= 4 is 22.7 Å². The molecule has 36 heavy (non-hydrogen) atoms. The molecule has 3 aromatic rings. The van der Waals surface area contributed by atoms with Crippen LogP contribution in [0, 0.1) is 0 Å². The molecule has 0 unspecified atom stereocenters. The number of carbonyl (C=O) groups is 2. The molecule has 0 aromatic heterocycles. The molecule has 0 aliphatic carbocycles. The summed E-state index contributed by atoms with van der Waals surface area (Å²) in [4.78, 5) is 25.1. The van der Waals surface area contributed by atoms with Crippen molar-refractivity contribution in [3.63, 3.8) is 0 Å². The van der Waals surface area contributed by atoms with Gasteiger partial charge in [-0.3, -0.25) is 0 Å². The SMILES string of the molecule is CC(C)(C)OC(=O)[C@H](OCCCCCc1ccc2ccccc2c1)[C@@H](O)C(=O)OCc1ccccc1. The quantitative estimate of drug-likeness (QED) is 0.270. The van der Waals surface area contributed by atoms with Crippen molar-refractivity contribution in [1.82, 2.24) is 0 Å². The molecule has 6 nitrogen and oxygen atoms in total. The first-order chi connectivity index (χ1) is 17.2. The number of benzene rings is 3. The van der Waals surface area contributed by atoms with Crippen LogP contribution in [-0.2, 0) is 36.8 Å². The molecule has 0 heterocycles. The van der Waals surface area contributed by atoms with Crippen LogP contribution in [-0.4, -0.2) is 41.5 Å². The molecular formula is C30H36O6. The fourth-order valence-electron chi connectivity index (χ4n) is 3.80. The molecule has 192 valence electrons. The number of rotatable bonds is 12. The zero-order valence-corrected chi connectivity index (χ0v) is 21.3. The number of hydrogen-bond donors (Lipinski definition) is 1. The average Bonchev–Trinajstić information content (AvgIpc) is 2.86. The van der Waals surface area contributed by atoms with Gasteiger partial charge in [-0.1, -0.05) is 79.2 Å². The Morgan fingerprint density at radius 3 is 2.22 bits per heavy atom. The highest BCUT2D eigenvalue weighted by molar-refractivity contribution is 5.85. The Labute approximate surface area is 213 Å². The first kappa shape index (κ1) is 27.4. The van der Waals surface area contributed by atoms with E-state index in [2.05, 4.69) is 30.3 Å². The summed E-state index contributed by atoms with van der Waals surface area (Å²) in [7, 11) is 0. The largest absolute Gasteiger partial charge is 0.459 e. The Morgan fingerprint density at radius 2 is 1.50 bits per heavy atom. The molecular weight excluding hydrogens is 456 g/mol. The number of aliphatic hydroxyl groups is 1. The lowest BCUT2D eigenvalue weighted by molar-refractivity contribution is -0.185. The van der Waals surface area contributed by atoms with E-state index in [1.807, 2.05) is 30.3 Å². The van der Waals surface area contributed by atoms with Crippen LogP contribution >= 0.6 is 0 Å². The fourth-order valence-corrected chi connectivity index (χ4v) is 3.80. The molecule has 0 saturated heterocycles. The lowest BCUT2D eigenvalue weighted by Crippen LogP contribution is -2.45. The van der Waals surface area contributed by atoms with E-state index < -0.39 is 29.7 Å². The number of fused-ring (bicyclic) bond motifs is 1. The smallest absolute Gasteiger partial charge is 0.339 e. The summed E-state index contributed by atoms with van der Waals surface area (Å²) in [5, 5.41) is 13.0. The van der Waals surface area contributed by atoms with Crippen molar-refractivity contribution in [2.75, 3.05) is 6.61 Å². The van der Waals surface area contributed by atoms with Gasteiger partial charge in [-0.2, -0.15) is 0 Å². The van der Waals surface area contributed by atoms with E-state index in [1.54, 1.807) is 32.9 Å². The monoisotopic (exact) mass is 492 g/mol. The molecule has 1 N–H and O–H groups in total. The molecule has 3 aromatic carbocycles. The highest BCUT2D eigenvalue weighted by Crippen LogP contribution is 2.18. The predicted octanol–water partition coefficient (Wildman–Crippen LogP) is 5.38. The van der Waals surface area contributed by atoms with E-state index >= 15 is 0 Å². The van der Waals surface area contributed by atoms with Gasteiger partial charge in [0.1, 0.15) is 12.2 Å². The first-order valence-electron chi connectivity index (χ1n) is 12.4. The maximum absolute atomic E-state index is 12.7. The predicted molar refractivity (Wildman–Crippen MR) is 139 cm³/mol. The second-order valence-electron chi connectivity index (χ2n) is 9.86.